The van der Waals surface area contributed by atoms with Gasteiger partial charge in [-0.2, -0.15) is 0 Å². The number of nitrogens with zero attached hydrogens (tertiary/aromatic N) is 1. The largest absolute Gasteiger partial charge is 0.412 e. The molecule has 2 rings (SSSR count). The predicted molar refractivity (Wildman–Crippen MR) is 65.1 cm³/mol. The van der Waals surface area contributed by atoms with Crippen molar-refractivity contribution in [3.63, 3.8) is 0 Å². The molecule has 0 saturated heterocycles. The monoisotopic (exact) mass is 307 g/mol. The molecule has 1 heterocycles. The maximum absolute atomic E-state index is 11.7. The summed E-state index contributed by atoms with van der Waals surface area (Å²) in [5, 5.41) is 2.87. The molecule has 0 aliphatic carbocycles. The van der Waals surface area contributed by atoms with Crippen molar-refractivity contribution in [2.24, 2.45) is 4.99 Å². The van der Waals surface area contributed by atoms with E-state index in [4.69, 9.17) is 0 Å². The summed E-state index contributed by atoms with van der Waals surface area (Å²) in [5.41, 5.74) is 0.526. The van der Waals surface area contributed by atoms with Gasteiger partial charge in [0, 0.05) is 11.5 Å². The van der Waals surface area contributed by atoms with Crippen LogP contribution in [0.15, 0.2) is 32.6 Å². The van der Waals surface area contributed by atoms with Crippen molar-refractivity contribution >= 4 is 37.6 Å². The molecule has 1 aliphatic rings. The average Bonchev–Trinajstić information content (AvgIpc) is 2.18. The number of rotatable bonds is 0. The van der Waals surface area contributed by atoms with Crippen molar-refractivity contribution in [1.82, 2.24) is 4.72 Å². The third kappa shape index (κ3) is 2.18. The van der Waals surface area contributed by atoms with E-state index in [2.05, 4.69) is 31.0 Å². The second-order valence-electron chi connectivity index (χ2n) is 2.94. The third-order valence-electron chi connectivity index (χ3n) is 1.94. The molecule has 1 aromatic carbocycles. The van der Waals surface area contributed by atoms with E-state index in [0.717, 1.165) is 0 Å². The normalized spacial score (nSPS) is 19.0. The Bertz CT molecular complexity index is 541. The fourth-order valence-corrected chi connectivity index (χ4v) is 2.97. The van der Waals surface area contributed by atoms with Crippen LogP contribution in [-0.2, 0) is 10.0 Å². The van der Waals surface area contributed by atoms with Crippen molar-refractivity contribution < 1.29 is 13.9 Å². The smallest absolute Gasteiger partial charge is 0.266 e. The lowest BCUT2D eigenvalue weighted by Crippen LogP contribution is -2.40. The van der Waals surface area contributed by atoms with E-state index in [1.165, 1.54) is 13.1 Å². The quantitative estimate of drug-likeness (QED) is 0.721. The van der Waals surface area contributed by atoms with Gasteiger partial charge in [0.2, 0.25) is 5.96 Å². The van der Waals surface area contributed by atoms with Gasteiger partial charge in [-0.15, -0.1) is 0 Å². The first-order chi connectivity index (χ1) is 7.03. The summed E-state index contributed by atoms with van der Waals surface area (Å²) in [5.74, 6) is 0.227. The van der Waals surface area contributed by atoms with Crippen LogP contribution in [0.2, 0.25) is 0 Å². The van der Waals surface area contributed by atoms with E-state index >= 15 is 0 Å². The topological polar surface area (TPSA) is 102 Å². The Hall–Kier alpha value is -1.12. The molecule has 1 aromatic rings. The zero-order valence-electron chi connectivity index (χ0n) is 8.28. The molecule has 0 bridgehead atoms. The minimum absolute atomic E-state index is 0. The minimum Gasteiger partial charge on any atom is -0.412 e. The van der Waals surface area contributed by atoms with Gasteiger partial charge in [-0.1, -0.05) is 15.9 Å². The Kier molecular flexibility index (Phi) is 3.56. The van der Waals surface area contributed by atoms with Gasteiger partial charge in [-0.25, -0.2) is 13.1 Å². The number of hydrogen-bond acceptors (Lipinski definition) is 3. The van der Waals surface area contributed by atoms with Gasteiger partial charge >= 0.3 is 0 Å². The molecular formula is C8H10BrN3O3S. The van der Waals surface area contributed by atoms with Gasteiger partial charge in [0.25, 0.3) is 10.0 Å². The van der Waals surface area contributed by atoms with Gasteiger partial charge in [-0.3, -0.25) is 4.99 Å². The van der Waals surface area contributed by atoms with Crippen LogP contribution in [0.4, 0.5) is 5.69 Å². The molecule has 8 heteroatoms. The summed E-state index contributed by atoms with van der Waals surface area (Å²) in [7, 11) is -1.99. The number of anilines is 1. The first-order valence-electron chi connectivity index (χ1n) is 4.09. The van der Waals surface area contributed by atoms with Gasteiger partial charge in [0.15, 0.2) is 0 Å². The number of aliphatic imine (C=N–C) groups is 1. The lowest BCUT2D eigenvalue weighted by atomic mass is 10.3. The fraction of sp³-hybridized carbons (Fsp3) is 0.125. The van der Waals surface area contributed by atoms with Gasteiger partial charge in [-0.05, 0) is 18.2 Å². The summed E-state index contributed by atoms with van der Waals surface area (Å²) in [4.78, 5) is 3.98. The Morgan fingerprint density at radius 1 is 1.38 bits per heavy atom. The number of guanidine groups is 1. The van der Waals surface area contributed by atoms with Crippen molar-refractivity contribution in [3.8, 4) is 0 Å². The Balaban J connectivity index is 0.00000128. The molecule has 4 N–H and O–H groups in total. The number of hydrogen-bond donors (Lipinski definition) is 2. The van der Waals surface area contributed by atoms with Crippen LogP contribution in [0, 0.1) is 0 Å². The average molecular weight is 308 g/mol. The highest BCUT2D eigenvalue weighted by molar-refractivity contribution is 9.10. The highest BCUT2D eigenvalue weighted by Crippen LogP contribution is 2.27. The second kappa shape index (κ2) is 4.40. The molecule has 0 radical (unpaired) electrons. The molecule has 0 atom stereocenters. The molecule has 16 heavy (non-hydrogen) atoms. The lowest BCUT2D eigenvalue weighted by molar-refractivity contribution is 0.591. The molecule has 0 aromatic heterocycles. The van der Waals surface area contributed by atoms with Gasteiger partial charge in [0.05, 0.1) is 5.69 Å². The molecule has 1 aliphatic heterocycles. The predicted octanol–water partition coefficient (Wildman–Crippen LogP) is 0.314. The Morgan fingerprint density at radius 3 is 2.69 bits per heavy atom. The van der Waals surface area contributed by atoms with E-state index in [9.17, 15) is 8.42 Å². The second-order valence-corrected chi connectivity index (χ2v) is 5.51. The number of fused-ring (bicyclic) bond motifs is 1. The van der Waals surface area contributed by atoms with Gasteiger partial charge in [0.1, 0.15) is 4.90 Å². The molecular weight excluding hydrogens is 298 g/mol. The summed E-state index contributed by atoms with van der Waals surface area (Å²) in [6, 6.07) is 4.99. The van der Waals surface area contributed by atoms with Crippen LogP contribution >= 0.6 is 15.9 Å². The molecule has 0 amide bonds. The van der Waals surface area contributed by atoms with Crippen molar-refractivity contribution in [2.75, 3.05) is 12.4 Å². The highest BCUT2D eigenvalue weighted by atomic mass is 79.9. The number of benzene rings is 1. The van der Waals surface area contributed by atoms with E-state index in [-0.39, 0.29) is 16.3 Å². The van der Waals surface area contributed by atoms with Crippen molar-refractivity contribution in [2.45, 2.75) is 4.90 Å². The molecule has 0 spiro atoms. The summed E-state index contributed by atoms with van der Waals surface area (Å²) in [6.07, 6.45) is 0. The van der Waals surface area contributed by atoms with Crippen LogP contribution in [0.1, 0.15) is 0 Å². The summed E-state index contributed by atoms with van der Waals surface area (Å²) >= 11 is 3.22. The molecule has 88 valence electrons. The van der Waals surface area contributed by atoms with Crippen molar-refractivity contribution in [1.29, 1.82) is 0 Å². The highest BCUT2D eigenvalue weighted by Gasteiger charge is 2.26. The first kappa shape index (κ1) is 12.9. The standard InChI is InChI=1S/C8H8BrN3O2S.H2O/c1-10-8-11-6-3-2-5(9)4-7(6)15(13,14)12-8;/h2-4H,1H3,(H2,10,11,12);1H2. The number of sulfonamides is 1. The van der Waals surface area contributed by atoms with Crippen LogP contribution in [0.25, 0.3) is 0 Å². The Labute approximate surface area is 101 Å². The van der Waals surface area contributed by atoms with Crippen molar-refractivity contribution in [3.05, 3.63) is 22.7 Å². The van der Waals surface area contributed by atoms with Crippen LogP contribution in [-0.4, -0.2) is 26.9 Å². The zero-order valence-corrected chi connectivity index (χ0v) is 10.7. The number of nitrogens with one attached hydrogen (secondary N) is 2. The van der Waals surface area contributed by atoms with E-state index in [0.29, 0.717) is 10.2 Å². The van der Waals surface area contributed by atoms with E-state index < -0.39 is 10.0 Å². The summed E-state index contributed by atoms with van der Waals surface area (Å²) in [6.45, 7) is 0. The van der Waals surface area contributed by atoms with Crippen LogP contribution in [0.3, 0.4) is 0 Å². The Morgan fingerprint density at radius 2 is 2.06 bits per heavy atom. The lowest BCUT2D eigenvalue weighted by Gasteiger charge is -2.21. The van der Waals surface area contributed by atoms with Gasteiger partial charge < -0.3 is 10.8 Å². The minimum atomic E-state index is -3.50. The van der Waals surface area contributed by atoms with Crippen LogP contribution < -0.4 is 10.0 Å². The zero-order chi connectivity index (χ0) is 11.1. The molecule has 0 fully saturated rings. The van der Waals surface area contributed by atoms with Crippen LogP contribution in [0.5, 0.6) is 0 Å². The summed E-state index contributed by atoms with van der Waals surface area (Å²) < 4.78 is 26.5. The van der Waals surface area contributed by atoms with E-state index in [1.54, 1.807) is 12.1 Å². The maximum Gasteiger partial charge on any atom is 0.266 e. The molecule has 6 nitrogen and oxygen atoms in total. The molecule has 0 saturated carbocycles. The number of halogens is 1. The fourth-order valence-electron chi connectivity index (χ4n) is 1.26. The SMILES string of the molecule is CN=C1Nc2ccc(Br)cc2S(=O)(=O)N1.O. The first-order valence-corrected chi connectivity index (χ1v) is 6.37. The molecule has 0 unspecified atom stereocenters. The maximum atomic E-state index is 11.7. The third-order valence-corrected chi connectivity index (χ3v) is 3.81. The van der Waals surface area contributed by atoms with E-state index in [1.807, 2.05) is 0 Å².